The average molecular weight is 294 g/mol. The molecular weight excluding hydrogens is 268 g/mol. The molecule has 0 radical (unpaired) electrons. The number of hydrogen-bond acceptors (Lipinski definition) is 6. The van der Waals surface area contributed by atoms with Crippen molar-refractivity contribution in [2.45, 2.75) is 46.6 Å². The molecule has 1 atom stereocenters. The SMILES string of the molecule is CCCNc1cc(NC(CC(C)C)C(=O)OC)nc(C)n1. The maximum Gasteiger partial charge on any atom is 0.328 e. The second-order valence-corrected chi connectivity index (χ2v) is 5.46. The number of aromatic nitrogens is 2. The zero-order valence-corrected chi connectivity index (χ0v) is 13.6. The van der Waals surface area contributed by atoms with Gasteiger partial charge in [0.15, 0.2) is 0 Å². The van der Waals surface area contributed by atoms with Crippen molar-refractivity contribution in [1.82, 2.24) is 9.97 Å². The lowest BCUT2D eigenvalue weighted by Gasteiger charge is -2.19. The molecule has 0 bridgehead atoms. The highest BCUT2D eigenvalue weighted by Crippen LogP contribution is 2.16. The standard InChI is InChI=1S/C15H26N4O2/c1-6-7-16-13-9-14(18-11(4)17-13)19-12(8-10(2)3)15(20)21-5/h9-10,12H,6-8H2,1-5H3,(H2,16,17,18,19). The summed E-state index contributed by atoms with van der Waals surface area (Å²) in [4.78, 5) is 20.5. The van der Waals surface area contributed by atoms with Gasteiger partial charge in [-0.15, -0.1) is 0 Å². The van der Waals surface area contributed by atoms with E-state index in [9.17, 15) is 4.79 Å². The third kappa shape index (κ3) is 5.97. The van der Waals surface area contributed by atoms with Crippen LogP contribution in [0.15, 0.2) is 6.07 Å². The maximum atomic E-state index is 11.8. The zero-order chi connectivity index (χ0) is 15.8. The monoisotopic (exact) mass is 294 g/mol. The van der Waals surface area contributed by atoms with Gasteiger partial charge in [0.1, 0.15) is 23.5 Å². The number of anilines is 2. The summed E-state index contributed by atoms with van der Waals surface area (Å²) in [5, 5.41) is 6.38. The van der Waals surface area contributed by atoms with Gasteiger partial charge >= 0.3 is 5.97 Å². The number of methoxy groups -OCH3 is 1. The molecule has 0 amide bonds. The number of carbonyl (C=O) groups is 1. The first-order valence-corrected chi connectivity index (χ1v) is 7.40. The quantitative estimate of drug-likeness (QED) is 0.718. The Morgan fingerprint density at radius 1 is 1.33 bits per heavy atom. The van der Waals surface area contributed by atoms with E-state index in [-0.39, 0.29) is 5.97 Å². The van der Waals surface area contributed by atoms with Crippen LogP contribution in [0, 0.1) is 12.8 Å². The van der Waals surface area contributed by atoms with E-state index in [1.807, 2.05) is 13.0 Å². The van der Waals surface area contributed by atoms with E-state index in [4.69, 9.17) is 4.74 Å². The smallest absolute Gasteiger partial charge is 0.328 e. The highest BCUT2D eigenvalue weighted by molar-refractivity contribution is 5.79. The Kier molecular flexibility index (Phi) is 6.91. The minimum atomic E-state index is -0.400. The van der Waals surface area contributed by atoms with Gasteiger partial charge in [-0.2, -0.15) is 0 Å². The van der Waals surface area contributed by atoms with Gasteiger partial charge in [-0.1, -0.05) is 20.8 Å². The van der Waals surface area contributed by atoms with Gasteiger partial charge in [0.25, 0.3) is 0 Å². The average Bonchev–Trinajstić information content (AvgIpc) is 2.42. The number of rotatable bonds is 8. The summed E-state index contributed by atoms with van der Waals surface area (Å²) >= 11 is 0. The lowest BCUT2D eigenvalue weighted by Crippen LogP contribution is -2.32. The fraction of sp³-hybridized carbons (Fsp3) is 0.667. The summed E-state index contributed by atoms with van der Waals surface area (Å²) < 4.78 is 4.85. The molecule has 2 N–H and O–H groups in total. The van der Waals surface area contributed by atoms with Gasteiger partial charge in [-0.3, -0.25) is 0 Å². The molecule has 118 valence electrons. The third-order valence-electron chi connectivity index (χ3n) is 2.91. The van der Waals surface area contributed by atoms with Crippen LogP contribution in [0.2, 0.25) is 0 Å². The lowest BCUT2D eigenvalue weighted by molar-refractivity contribution is -0.141. The van der Waals surface area contributed by atoms with E-state index in [2.05, 4.69) is 41.4 Å². The Labute approximate surface area is 126 Å². The van der Waals surface area contributed by atoms with Gasteiger partial charge in [-0.05, 0) is 25.7 Å². The molecule has 0 saturated heterocycles. The van der Waals surface area contributed by atoms with E-state index in [1.165, 1.54) is 7.11 Å². The number of aryl methyl sites for hydroxylation is 1. The first kappa shape index (κ1) is 17.2. The molecule has 0 aliphatic heterocycles. The molecule has 1 unspecified atom stereocenters. The number of esters is 1. The molecule has 21 heavy (non-hydrogen) atoms. The van der Waals surface area contributed by atoms with Crippen LogP contribution in [0.4, 0.5) is 11.6 Å². The zero-order valence-electron chi connectivity index (χ0n) is 13.6. The Balaban J connectivity index is 2.86. The molecule has 0 aliphatic rings. The summed E-state index contributed by atoms with van der Waals surface area (Å²) in [7, 11) is 1.40. The van der Waals surface area contributed by atoms with Crippen molar-refractivity contribution in [2.75, 3.05) is 24.3 Å². The summed E-state index contributed by atoms with van der Waals surface area (Å²) in [5.74, 6) is 2.16. The molecule has 1 rings (SSSR count). The van der Waals surface area contributed by atoms with Crippen molar-refractivity contribution in [3.05, 3.63) is 11.9 Å². The molecule has 0 saturated carbocycles. The van der Waals surface area contributed by atoms with Crippen molar-refractivity contribution in [3.8, 4) is 0 Å². The Bertz CT molecular complexity index is 463. The second kappa shape index (κ2) is 8.44. The first-order valence-electron chi connectivity index (χ1n) is 7.40. The molecule has 0 fully saturated rings. The van der Waals surface area contributed by atoms with Gasteiger partial charge in [0.2, 0.25) is 0 Å². The first-order chi connectivity index (χ1) is 9.96. The van der Waals surface area contributed by atoms with Crippen molar-refractivity contribution >= 4 is 17.6 Å². The fourth-order valence-corrected chi connectivity index (χ4v) is 1.99. The predicted molar refractivity (Wildman–Crippen MR) is 84.4 cm³/mol. The molecule has 0 spiro atoms. The van der Waals surface area contributed by atoms with Crippen LogP contribution in [0.5, 0.6) is 0 Å². The van der Waals surface area contributed by atoms with E-state index in [0.717, 1.165) is 18.8 Å². The molecule has 1 aromatic heterocycles. The Morgan fingerprint density at radius 3 is 2.57 bits per heavy atom. The summed E-state index contributed by atoms with van der Waals surface area (Å²) in [6.07, 6.45) is 1.71. The molecule has 0 aromatic carbocycles. The Hall–Kier alpha value is -1.85. The van der Waals surface area contributed by atoms with Crippen LogP contribution in [0.1, 0.15) is 39.4 Å². The van der Waals surface area contributed by atoms with Crippen LogP contribution >= 0.6 is 0 Å². The van der Waals surface area contributed by atoms with E-state index >= 15 is 0 Å². The van der Waals surface area contributed by atoms with Crippen LogP contribution in [0.3, 0.4) is 0 Å². The summed E-state index contributed by atoms with van der Waals surface area (Å²) in [5.41, 5.74) is 0. The number of nitrogens with zero attached hydrogens (tertiary/aromatic N) is 2. The van der Waals surface area contributed by atoms with Crippen molar-refractivity contribution in [3.63, 3.8) is 0 Å². The van der Waals surface area contributed by atoms with Gasteiger partial charge in [0, 0.05) is 12.6 Å². The number of nitrogens with one attached hydrogen (secondary N) is 2. The highest BCUT2D eigenvalue weighted by Gasteiger charge is 2.21. The van der Waals surface area contributed by atoms with Gasteiger partial charge in [-0.25, -0.2) is 14.8 Å². The van der Waals surface area contributed by atoms with Gasteiger partial charge in [0.05, 0.1) is 7.11 Å². The normalized spacial score (nSPS) is 12.1. The summed E-state index contributed by atoms with van der Waals surface area (Å²) in [6, 6.07) is 1.42. The van der Waals surface area contributed by atoms with Crippen LogP contribution < -0.4 is 10.6 Å². The molecular formula is C15H26N4O2. The number of hydrogen-bond donors (Lipinski definition) is 2. The minimum absolute atomic E-state index is 0.275. The Morgan fingerprint density at radius 2 is 2.00 bits per heavy atom. The highest BCUT2D eigenvalue weighted by atomic mass is 16.5. The van der Waals surface area contributed by atoms with Crippen molar-refractivity contribution in [1.29, 1.82) is 0 Å². The maximum absolute atomic E-state index is 11.8. The molecule has 1 aromatic rings. The molecule has 1 heterocycles. The van der Waals surface area contributed by atoms with Crippen LogP contribution in [0.25, 0.3) is 0 Å². The van der Waals surface area contributed by atoms with Gasteiger partial charge < -0.3 is 15.4 Å². The van der Waals surface area contributed by atoms with E-state index < -0.39 is 6.04 Å². The molecule has 6 nitrogen and oxygen atoms in total. The third-order valence-corrected chi connectivity index (χ3v) is 2.91. The van der Waals surface area contributed by atoms with E-state index in [0.29, 0.717) is 24.0 Å². The molecule has 6 heteroatoms. The number of carbonyl (C=O) groups excluding carboxylic acids is 1. The topological polar surface area (TPSA) is 76.1 Å². The van der Waals surface area contributed by atoms with E-state index in [1.54, 1.807) is 0 Å². The fourth-order valence-electron chi connectivity index (χ4n) is 1.99. The van der Waals surface area contributed by atoms with Crippen molar-refractivity contribution < 1.29 is 9.53 Å². The predicted octanol–water partition coefficient (Wildman–Crippen LogP) is 2.61. The van der Waals surface area contributed by atoms with Crippen LogP contribution in [-0.2, 0) is 9.53 Å². The molecule has 0 aliphatic carbocycles. The second-order valence-electron chi connectivity index (χ2n) is 5.46. The summed E-state index contributed by atoms with van der Waals surface area (Å²) in [6.45, 7) is 8.91. The number of ether oxygens (including phenoxy) is 1. The van der Waals surface area contributed by atoms with Crippen molar-refractivity contribution in [2.24, 2.45) is 5.92 Å². The largest absolute Gasteiger partial charge is 0.467 e. The minimum Gasteiger partial charge on any atom is -0.467 e. The lowest BCUT2D eigenvalue weighted by atomic mass is 10.0. The van der Waals surface area contributed by atoms with Crippen LogP contribution in [-0.4, -0.2) is 35.6 Å².